The standard InChI is InChI=1S/C10H10Cl3NO5S/c11-5-3-6(12)9(7(13)4-5)20(18,19)14-2-1-8(15)10(16)17/h3-4,8,14-15H,1-2H2,(H,16,17)/t8-/m0/s1. The number of aliphatic hydroxyl groups is 1. The van der Waals surface area contributed by atoms with Gasteiger partial charge in [0, 0.05) is 11.6 Å². The summed E-state index contributed by atoms with van der Waals surface area (Å²) in [6, 6.07) is 2.44. The maximum absolute atomic E-state index is 12.0. The Kier molecular flexibility index (Phi) is 6.06. The molecule has 0 aliphatic carbocycles. The highest BCUT2D eigenvalue weighted by molar-refractivity contribution is 7.89. The van der Waals surface area contributed by atoms with Crippen molar-refractivity contribution in [2.45, 2.75) is 17.4 Å². The van der Waals surface area contributed by atoms with E-state index in [4.69, 9.17) is 45.0 Å². The Morgan fingerprint density at radius 2 is 1.75 bits per heavy atom. The van der Waals surface area contributed by atoms with Gasteiger partial charge < -0.3 is 10.2 Å². The normalized spacial score (nSPS) is 13.2. The first-order valence-electron chi connectivity index (χ1n) is 5.20. The third-order valence-corrected chi connectivity index (χ3v) is 4.83. The Hall–Kier alpha value is -0.570. The minimum Gasteiger partial charge on any atom is -0.479 e. The number of hydrogen-bond donors (Lipinski definition) is 3. The van der Waals surface area contributed by atoms with Gasteiger partial charge in [0.05, 0.1) is 10.0 Å². The molecule has 1 atom stereocenters. The second-order valence-corrected chi connectivity index (χ2v) is 6.69. The molecule has 0 radical (unpaired) electrons. The zero-order chi connectivity index (χ0) is 15.5. The lowest BCUT2D eigenvalue weighted by molar-refractivity contribution is -0.146. The van der Waals surface area contributed by atoms with Gasteiger partial charge in [-0.05, 0) is 18.6 Å². The zero-order valence-corrected chi connectivity index (χ0v) is 12.9. The maximum Gasteiger partial charge on any atom is 0.332 e. The lowest BCUT2D eigenvalue weighted by Crippen LogP contribution is -2.30. The van der Waals surface area contributed by atoms with E-state index in [-0.39, 0.29) is 32.9 Å². The van der Waals surface area contributed by atoms with Crippen LogP contribution in [0, 0.1) is 0 Å². The number of carbonyl (C=O) groups is 1. The summed E-state index contributed by atoms with van der Waals surface area (Å²) in [5.41, 5.74) is 0. The number of aliphatic carboxylic acids is 1. The fourth-order valence-electron chi connectivity index (χ4n) is 1.31. The lowest BCUT2D eigenvalue weighted by atomic mass is 10.3. The van der Waals surface area contributed by atoms with Crippen molar-refractivity contribution in [2.75, 3.05) is 6.54 Å². The van der Waals surface area contributed by atoms with Crippen molar-refractivity contribution in [1.82, 2.24) is 4.72 Å². The van der Waals surface area contributed by atoms with Gasteiger partial charge in [0.2, 0.25) is 10.0 Å². The van der Waals surface area contributed by atoms with E-state index in [0.29, 0.717) is 0 Å². The lowest BCUT2D eigenvalue weighted by Gasteiger charge is -2.11. The van der Waals surface area contributed by atoms with E-state index in [1.54, 1.807) is 0 Å². The Balaban J connectivity index is 2.88. The topological polar surface area (TPSA) is 104 Å². The van der Waals surface area contributed by atoms with Crippen molar-refractivity contribution in [3.05, 3.63) is 27.2 Å². The van der Waals surface area contributed by atoms with E-state index >= 15 is 0 Å². The number of sulfonamides is 1. The van der Waals surface area contributed by atoms with E-state index in [0.717, 1.165) is 0 Å². The molecular formula is C10H10Cl3NO5S. The van der Waals surface area contributed by atoms with Crippen molar-refractivity contribution >= 4 is 50.8 Å². The molecule has 3 N–H and O–H groups in total. The summed E-state index contributed by atoms with van der Waals surface area (Å²) in [5, 5.41) is 17.4. The molecule has 1 aromatic rings. The molecule has 0 spiro atoms. The third kappa shape index (κ3) is 4.47. The van der Waals surface area contributed by atoms with Crippen LogP contribution in [0.4, 0.5) is 0 Å². The first kappa shape index (κ1) is 17.5. The molecular weight excluding hydrogens is 353 g/mol. The molecule has 0 aromatic heterocycles. The second kappa shape index (κ2) is 6.93. The van der Waals surface area contributed by atoms with E-state index < -0.39 is 22.1 Å². The van der Waals surface area contributed by atoms with Crippen LogP contribution in [0.1, 0.15) is 6.42 Å². The molecule has 1 aromatic carbocycles. The van der Waals surface area contributed by atoms with Crippen LogP contribution in [0.15, 0.2) is 17.0 Å². The molecule has 0 aliphatic rings. The molecule has 1 rings (SSSR count). The van der Waals surface area contributed by atoms with E-state index in [9.17, 15) is 13.2 Å². The highest BCUT2D eigenvalue weighted by Gasteiger charge is 2.23. The van der Waals surface area contributed by atoms with Crippen LogP contribution in [0.2, 0.25) is 15.1 Å². The van der Waals surface area contributed by atoms with Gasteiger partial charge >= 0.3 is 5.97 Å². The second-order valence-electron chi connectivity index (χ2n) is 3.74. The summed E-state index contributed by atoms with van der Waals surface area (Å²) >= 11 is 17.2. The fourth-order valence-corrected chi connectivity index (χ4v) is 3.90. The summed E-state index contributed by atoms with van der Waals surface area (Å²) in [7, 11) is -4.04. The summed E-state index contributed by atoms with van der Waals surface area (Å²) in [6.07, 6.45) is -1.95. The molecule has 0 saturated carbocycles. The molecule has 112 valence electrons. The van der Waals surface area contributed by atoms with Crippen LogP contribution in [-0.4, -0.2) is 37.2 Å². The molecule has 0 heterocycles. The number of nitrogens with one attached hydrogen (secondary N) is 1. The molecule has 0 fully saturated rings. The first-order chi connectivity index (χ1) is 9.15. The van der Waals surface area contributed by atoms with Crippen molar-refractivity contribution < 1.29 is 23.4 Å². The summed E-state index contributed by atoms with van der Waals surface area (Å²) in [4.78, 5) is 10.0. The fraction of sp³-hybridized carbons (Fsp3) is 0.300. The smallest absolute Gasteiger partial charge is 0.332 e. The maximum atomic E-state index is 12.0. The van der Waals surface area contributed by atoms with Crippen molar-refractivity contribution in [2.24, 2.45) is 0 Å². The summed E-state index contributed by atoms with van der Waals surface area (Å²) in [6.45, 7) is -0.287. The van der Waals surface area contributed by atoms with Gasteiger partial charge in [0.15, 0.2) is 6.10 Å². The molecule has 10 heteroatoms. The Labute approximate surface area is 130 Å². The average Bonchev–Trinajstić information content (AvgIpc) is 2.26. The number of hydrogen-bond acceptors (Lipinski definition) is 4. The SMILES string of the molecule is O=C(O)[C@@H](O)CCNS(=O)(=O)c1c(Cl)cc(Cl)cc1Cl. The Morgan fingerprint density at radius 3 is 2.20 bits per heavy atom. The van der Waals surface area contributed by atoms with Gasteiger partial charge in [0.25, 0.3) is 0 Å². The molecule has 0 amide bonds. The van der Waals surface area contributed by atoms with Gasteiger partial charge in [-0.3, -0.25) is 0 Å². The Morgan fingerprint density at radius 1 is 1.25 bits per heavy atom. The minimum absolute atomic E-state index is 0.159. The van der Waals surface area contributed by atoms with E-state index in [2.05, 4.69) is 4.72 Å². The average molecular weight is 363 g/mol. The number of carboxylic acids is 1. The summed E-state index contributed by atoms with van der Waals surface area (Å²) in [5.74, 6) is -1.44. The molecule has 6 nitrogen and oxygen atoms in total. The van der Waals surface area contributed by atoms with Gasteiger partial charge in [-0.1, -0.05) is 34.8 Å². The monoisotopic (exact) mass is 361 g/mol. The Bertz CT molecular complexity index is 596. The molecule has 0 saturated heterocycles. The van der Waals surface area contributed by atoms with Crippen LogP contribution < -0.4 is 4.72 Å². The molecule has 0 unspecified atom stereocenters. The quantitative estimate of drug-likeness (QED) is 0.715. The van der Waals surface area contributed by atoms with E-state index in [1.165, 1.54) is 12.1 Å². The van der Waals surface area contributed by atoms with Crippen LogP contribution in [0.5, 0.6) is 0 Å². The van der Waals surface area contributed by atoms with Crippen LogP contribution >= 0.6 is 34.8 Å². The van der Waals surface area contributed by atoms with Crippen molar-refractivity contribution in [3.8, 4) is 0 Å². The van der Waals surface area contributed by atoms with Crippen LogP contribution in [0.3, 0.4) is 0 Å². The van der Waals surface area contributed by atoms with Crippen LogP contribution in [0.25, 0.3) is 0 Å². The van der Waals surface area contributed by atoms with Gasteiger partial charge in [-0.25, -0.2) is 17.9 Å². The summed E-state index contributed by atoms with van der Waals surface area (Å²) < 4.78 is 26.1. The number of rotatable bonds is 6. The minimum atomic E-state index is -4.04. The largest absolute Gasteiger partial charge is 0.479 e. The number of aliphatic hydroxyl groups excluding tert-OH is 1. The van der Waals surface area contributed by atoms with Crippen molar-refractivity contribution in [3.63, 3.8) is 0 Å². The van der Waals surface area contributed by atoms with Gasteiger partial charge in [-0.2, -0.15) is 0 Å². The zero-order valence-electron chi connectivity index (χ0n) is 9.81. The third-order valence-electron chi connectivity index (χ3n) is 2.23. The predicted octanol–water partition coefficient (Wildman–Crippen LogP) is 1.76. The highest BCUT2D eigenvalue weighted by atomic mass is 35.5. The van der Waals surface area contributed by atoms with Gasteiger partial charge in [-0.15, -0.1) is 0 Å². The predicted molar refractivity (Wildman–Crippen MR) is 74.9 cm³/mol. The number of benzene rings is 1. The highest BCUT2D eigenvalue weighted by Crippen LogP contribution is 2.32. The molecule has 20 heavy (non-hydrogen) atoms. The van der Waals surface area contributed by atoms with E-state index in [1.807, 2.05) is 0 Å². The number of carboxylic acid groups (broad SMARTS) is 1. The van der Waals surface area contributed by atoms with Crippen molar-refractivity contribution in [1.29, 1.82) is 0 Å². The molecule has 0 aliphatic heterocycles. The number of halogens is 3. The van der Waals surface area contributed by atoms with Gasteiger partial charge in [0.1, 0.15) is 4.90 Å². The molecule has 0 bridgehead atoms. The first-order valence-corrected chi connectivity index (χ1v) is 7.82. The van der Waals surface area contributed by atoms with Crippen LogP contribution in [-0.2, 0) is 14.8 Å².